The smallest absolute Gasteiger partial charge is 0.0717 e. The van der Waals surface area contributed by atoms with Crippen molar-refractivity contribution in [2.75, 3.05) is 18.0 Å². The van der Waals surface area contributed by atoms with Gasteiger partial charge in [-0.25, -0.2) is 0 Å². The molecule has 2 aliphatic rings. The number of fused-ring (bicyclic) bond motifs is 1. The van der Waals surface area contributed by atoms with E-state index in [-0.39, 0.29) is 12.7 Å². The Labute approximate surface area is 101 Å². The zero-order valence-electron chi connectivity index (χ0n) is 9.79. The van der Waals surface area contributed by atoms with Gasteiger partial charge in [0.05, 0.1) is 12.7 Å². The van der Waals surface area contributed by atoms with Crippen molar-refractivity contribution >= 4 is 5.69 Å². The molecule has 1 aromatic heterocycles. The van der Waals surface area contributed by atoms with Crippen molar-refractivity contribution in [2.45, 2.75) is 25.6 Å². The van der Waals surface area contributed by atoms with Gasteiger partial charge in [-0.3, -0.25) is 4.98 Å². The van der Waals surface area contributed by atoms with E-state index in [4.69, 9.17) is 0 Å². The lowest BCUT2D eigenvalue weighted by Crippen LogP contribution is -2.25. The van der Waals surface area contributed by atoms with E-state index >= 15 is 0 Å². The summed E-state index contributed by atoms with van der Waals surface area (Å²) in [5, 5.41) is 19.2. The van der Waals surface area contributed by atoms with Crippen LogP contribution >= 0.6 is 0 Å². The molecule has 0 amide bonds. The topological polar surface area (TPSA) is 56.6 Å². The van der Waals surface area contributed by atoms with Crippen molar-refractivity contribution < 1.29 is 10.2 Å². The normalized spacial score (nSPS) is 31.9. The van der Waals surface area contributed by atoms with Crippen molar-refractivity contribution in [1.29, 1.82) is 0 Å². The number of anilines is 1. The molecule has 2 fully saturated rings. The monoisotopic (exact) mass is 234 g/mol. The van der Waals surface area contributed by atoms with Crippen LogP contribution in [0.3, 0.4) is 0 Å². The molecular weight excluding hydrogens is 216 g/mol. The van der Waals surface area contributed by atoms with Crippen LogP contribution in [-0.2, 0) is 6.61 Å². The first-order chi connectivity index (χ1) is 8.29. The molecule has 3 atom stereocenters. The Morgan fingerprint density at radius 2 is 2.24 bits per heavy atom. The molecule has 1 aliphatic heterocycles. The van der Waals surface area contributed by atoms with Gasteiger partial charge < -0.3 is 15.1 Å². The lowest BCUT2D eigenvalue weighted by Gasteiger charge is -2.22. The summed E-state index contributed by atoms with van der Waals surface area (Å²) in [5.41, 5.74) is 1.95. The first kappa shape index (κ1) is 11.0. The highest BCUT2D eigenvalue weighted by atomic mass is 16.3. The second-order valence-corrected chi connectivity index (χ2v) is 5.14. The summed E-state index contributed by atoms with van der Waals surface area (Å²) < 4.78 is 0. The van der Waals surface area contributed by atoms with Crippen LogP contribution in [0, 0.1) is 11.8 Å². The molecule has 2 heterocycles. The van der Waals surface area contributed by atoms with E-state index in [1.54, 1.807) is 12.4 Å². The number of hydrogen-bond donors (Lipinski definition) is 2. The number of pyridine rings is 1. The van der Waals surface area contributed by atoms with Gasteiger partial charge in [0.15, 0.2) is 0 Å². The summed E-state index contributed by atoms with van der Waals surface area (Å²) in [6.45, 7) is 1.93. The van der Waals surface area contributed by atoms with Gasteiger partial charge in [-0.15, -0.1) is 0 Å². The maximum atomic E-state index is 9.90. The minimum atomic E-state index is -0.135. The molecule has 92 valence electrons. The van der Waals surface area contributed by atoms with E-state index in [0.29, 0.717) is 11.8 Å². The predicted molar refractivity (Wildman–Crippen MR) is 64.6 cm³/mol. The van der Waals surface area contributed by atoms with Crippen molar-refractivity contribution in [2.24, 2.45) is 11.8 Å². The minimum absolute atomic E-state index is 0.0254. The molecule has 0 spiro atoms. The van der Waals surface area contributed by atoms with Crippen LogP contribution in [0.25, 0.3) is 0 Å². The summed E-state index contributed by atoms with van der Waals surface area (Å²) in [6.07, 6.45) is 5.43. The molecule has 0 radical (unpaired) electrons. The summed E-state index contributed by atoms with van der Waals surface area (Å²) >= 11 is 0. The minimum Gasteiger partial charge on any atom is -0.393 e. The van der Waals surface area contributed by atoms with Crippen LogP contribution in [-0.4, -0.2) is 34.4 Å². The molecule has 4 nitrogen and oxygen atoms in total. The second kappa shape index (κ2) is 4.27. The standard InChI is InChI=1S/C13H18N2O2/c16-8-10-5-14-4-3-12(10)15-6-9-1-2-13(17)11(9)7-15/h3-5,9,11,13,16-17H,1-2,6-8H2. The molecule has 17 heavy (non-hydrogen) atoms. The van der Waals surface area contributed by atoms with Crippen LogP contribution in [0.15, 0.2) is 18.5 Å². The van der Waals surface area contributed by atoms with E-state index in [0.717, 1.165) is 37.2 Å². The highest BCUT2D eigenvalue weighted by Crippen LogP contribution is 2.40. The number of hydrogen-bond acceptors (Lipinski definition) is 4. The van der Waals surface area contributed by atoms with Crippen molar-refractivity contribution in [3.8, 4) is 0 Å². The fourth-order valence-corrected chi connectivity index (χ4v) is 3.28. The molecule has 0 aromatic carbocycles. The molecule has 1 saturated heterocycles. The number of rotatable bonds is 2. The first-order valence-electron chi connectivity index (χ1n) is 6.26. The van der Waals surface area contributed by atoms with Crippen molar-refractivity contribution in [3.05, 3.63) is 24.0 Å². The maximum absolute atomic E-state index is 9.90. The van der Waals surface area contributed by atoms with Gasteiger partial charge in [0.1, 0.15) is 0 Å². The van der Waals surface area contributed by atoms with Gasteiger partial charge in [-0.2, -0.15) is 0 Å². The van der Waals surface area contributed by atoms with Gasteiger partial charge in [-0.1, -0.05) is 0 Å². The average molecular weight is 234 g/mol. The van der Waals surface area contributed by atoms with Gasteiger partial charge in [0, 0.05) is 42.7 Å². The predicted octanol–water partition coefficient (Wildman–Crippen LogP) is 0.781. The van der Waals surface area contributed by atoms with Crippen molar-refractivity contribution in [1.82, 2.24) is 4.98 Å². The number of aliphatic hydroxyl groups is 2. The zero-order chi connectivity index (χ0) is 11.8. The Morgan fingerprint density at radius 1 is 1.35 bits per heavy atom. The third kappa shape index (κ3) is 1.81. The van der Waals surface area contributed by atoms with Crippen LogP contribution in [0.5, 0.6) is 0 Å². The summed E-state index contributed by atoms with van der Waals surface area (Å²) in [5.74, 6) is 1.03. The van der Waals surface area contributed by atoms with E-state index < -0.39 is 0 Å². The Hall–Kier alpha value is -1.13. The lowest BCUT2D eigenvalue weighted by atomic mass is 10.00. The van der Waals surface area contributed by atoms with Gasteiger partial charge in [0.25, 0.3) is 0 Å². The first-order valence-corrected chi connectivity index (χ1v) is 6.26. The maximum Gasteiger partial charge on any atom is 0.0717 e. The Morgan fingerprint density at radius 3 is 3.00 bits per heavy atom. The third-order valence-corrected chi connectivity index (χ3v) is 4.21. The van der Waals surface area contributed by atoms with Crippen LogP contribution in [0.4, 0.5) is 5.69 Å². The summed E-state index contributed by atoms with van der Waals surface area (Å²) in [7, 11) is 0. The molecule has 1 saturated carbocycles. The quantitative estimate of drug-likeness (QED) is 0.794. The summed E-state index contributed by atoms with van der Waals surface area (Å²) in [6, 6.07) is 1.96. The highest BCUT2D eigenvalue weighted by molar-refractivity contribution is 5.53. The largest absolute Gasteiger partial charge is 0.393 e. The Kier molecular flexibility index (Phi) is 2.76. The van der Waals surface area contributed by atoms with E-state index in [9.17, 15) is 10.2 Å². The number of aromatic nitrogens is 1. The van der Waals surface area contributed by atoms with Crippen LogP contribution in [0.1, 0.15) is 18.4 Å². The summed E-state index contributed by atoms with van der Waals surface area (Å²) in [4.78, 5) is 6.32. The van der Waals surface area contributed by atoms with Gasteiger partial charge >= 0.3 is 0 Å². The number of nitrogens with zero attached hydrogens (tertiary/aromatic N) is 2. The van der Waals surface area contributed by atoms with E-state index in [1.807, 2.05) is 6.07 Å². The molecule has 3 unspecified atom stereocenters. The van der Waals surface area contributed by atoms with Gasteiger partial charge in [-0.05, 0) is 24.8 Å². The van der Waals surface area contributed by atoms with E-state index in [2.05, 4.69) is 9.88 Å². The SMILES string of the molecule is OCc1cnccc1N1CC2CCC(O)C2C1. The van der Waals surface area contributed by atoms with Crippen LogP contribution < -0.4 is 4.90 Å². The van der Waals surface area contributed by atoms with E-state index in [1.165, 1.54) is 0 Å². The fourth-order valence-electron chi connectivity index (χ4n) is 3.28. The molecule has 4 heteroatoms. The second-order valence-electron chi connectivity index (χ2n) is 5.14. The molecule has 1 aromatic rings. The highest BCUT2D eigenvalue weighted by Gasteiger charge is 2.42. The molecule has 3 rings (SSSR count). The Bertz CT molecular complexity index is 410. The lowest BCUT2D eigenvalue weighted by molar-refractivity contribution is 0.133. The zero-order valence-corrected chi connectivity index (χ0v) is 9.79. The number of aliphatic hydroxyl groups excluding tert-OH is 2. The van der Waals surface area contributed by atoms with Gasteiger partial charge in [0.2, 0.25) is 0 Å². The average Bonchev–Trinajstić information content (AvgIpc) is 2.92. The van der Waals surface area contributed by atoms with Crippen LogP contribution in [0.2, 0.25) is 0 Å². The van der Waals surface area contributed by atoms with Crippen molar-refractivity contribution in [3.63, 3.8) is 0 Å². The molecule has 2 N–H and O–H groups in total. The third-order valence-electron chi connectivity index (χ3n) is 4.21. The molecule has 1 aliphatic carbocycles. The molecule has 0 bridgehead atoms. The fraction of sp³-hybridized carbons (Fsp3) is 0.615. The molecular formula is C13H18N2O2. The Balaban J connectivity index is 1.82.